The summed E-state index contributed by atoms with van der Waals surface area (Å²) in [5.74, 6) is 0. The van der Waals surface area contributed by atoms with E-state index in [0.717, 1.165) is 61.2 Å². The Labute approximate surface area is 158 Å². The van der Waals surface area contributed by atoms with E-state index in [1.165, 1.54) is 6.54 Å². The molecular formula is C18H25N4OS2+. The minimum Gasteiger partial charge on any atom is -0.370 e. The van der Waals surface area contributed by atoms with Crippen molar-refractivity contribution in [1.29, 1.82) is 0 Å². The molecular weight excluding hydrogens is 352 g/mol. The average Bonchev–Trinajstić information content (AvgIpc) is 3.07. The van der Waals surface area contributed by atoms with Crippen LogP contribution in [0.1, 0.15) is 11.4 Å². The lowest BCUT2D eigenvalue weighted by atomic mass is 10.1. The molecule has 1 saturated heterocycles. The van der Waals surface area contributed by atoms with Crippen LogP contribution in [0, 0.1) is 6.92 Å². The van der Waals surface area contributed by atoms with Crippen molar-refractivity contribution in [2.75, 3.05) is 44.7 Å². The number of rotatable bonds is 6. The maximum absolute atomic E-state index is 5.38. The van der Waals surface area contributed by atoms with Crippen molar-refractivity contribution >= 4 is 34.4 Å². The van der Waals surface area contributed by atoms with Gasteiger partial charge in [0.25, 0.3) is 0 Å². The Bertz CT molecular complexity index is 681. The van der Waals surface area contributed by atoms with E-state index in [2.05, 4.69) is 33.1 Å². The summed E-state index contributed by atoms with van der Waals surface area (Å²) in [6, 6.07) is 8.22. The van der Waals surface area contributed by atoms with Gasteiger partial charge in [0.05, 0.1) is 30.5 Å². The van der Waals surface area contributed by atoms with Gasteiger partial charge in [0.1, 0.15) is 13.1 Å². The molecule has 0 unspecified atom stereocenters. The van der Waals surface area contributed by atoms with Crippen LogP contribution in [0.25, 0.3) is 11.3 Å². The number of nitrogens with one attached hydrogen (secondary N) is 3. The van der Waals surface area contributed by atoms with Gasteiger partial charge < -0.3 is 20.3 Å². The van der Waals surface area contributed by atoms with Crippen LogP contribution in [-0.4, -0.2) is 49.5 Å². The molecule has 25 heavy (non-hydrogen) atoms. The molecule has 0 atom stereocenters. The van der Waals surface area contributed by atoms with Crippen molar-refractivity contribution in [3.05, 3.63) is 34.7 Å². The summed E-state index contributed by atoms with van der Waals surface area (Å²) in [6.45, 7) is 8.10. The average molecular weight is 378 g/mol. The second-order valence-corrected chi connectivity index (χ2v) is 7.65. The molecule has 2 aromatic rings. The van der Waals surface area contributed by atoms with Crippen molar-refractivity contribution in [2.45, 2.75) is 13.3 Å². The Morgan fingerprint density at radius 2 is 2.04 bits per heavy atom. The Kier molecular flexibility index (Phi) is 6.75. The number of hydrogen-bond donors (Lipinski definition) is 3. The zero-order chi connectivity index (χ0) is 17.5. The fraction of sp³-hybridized carbons (Fsp3) is 0.444. The zero-order valence-corrected chi connectivity index (χ0v) is 16.1. The molecule has 7 heteroatoms. The van der Waals surface area contributed by atoms with Crippen LogP contribution in [0.4, 0.5) is 5.69 Å². The highest BCUT2D eigenvalue weighted by Gasteiger charge is 2.12. The summed E-state index contributed by atoms with van der Waals surface area (Å²) in [4.78, 5) is 6.13. The summed E-state index contributed by atoms with van der Waals surface area (Å²) in [5, 5.41) is 10.4. The topological polar surface area (TPSA) is 50.6 Å². The second kappa shape index (κ2) is 9.24. The van der Waals surface area contributed by atoms with E-state index in [1.54, 1.807) is 16.2 Å². The maximum Gasteiger partial charge on any atom is 0.170 e. The van der Waals surface area contributed by atoms with Gasteiger partial charge in [-0.1, -0.05) is 12.1 Å². The van der Waals surface area contributed by atoms with E-state index in [-0.39, 0.29) is 0 Å². The Morgan fingerprint density at radius 3 is 2.72 bits per heavy atom. The number of thiocarbonyl (C=S) groups is 1. The molecule has 134 valence electrons. The number of morpholine rings is 1. The number of aromatic nitrogens is 1. The van der Waals surface area contributed by atoms with Gasteiger partial charge in [-0.3, -0.25) is 0 Å². The Balaban J connectivity index is 1.38. The largest absolute Gasteiger partial charge is 0.370 e. The number of benzene rings is 1. The molecule has 0 bridgehead atoms. The molecule has 1 aromatic heterocycles. The molecule has 3 rings (SSSR count). The maximum atomic E-state index is 5.38. The fourth-order valence-corrected chi connectivity index (χ4v) is 3.69. The first-order valence-corrected chi connectivity index (χ1v) is 9.98. The van der Waals surface area contributed by atoms with Crippen LogP contribution in [0.5, 0.6) is 0 Å². The second-order valence-electron chi connectivity index (χ2n) is 6.18. The van der Waals surface area contributed by atoms with Crippen LogP contribution in [0.3, 0.4) is 0 Å². The van der Waals surface area contributed by atoms with Gasteiger partial charge in [0, 0.05) is 29.6 Å². The predicted octanol–water partition coefficient (Wildman–Crippen LogP) is 1.71. The third-order valence-corrected chi connectivity index (χ3v) is 5.27. The number of ether oxygens (including phenoxy) is 1. The van der Waals surface area contributed by atoms with Crippen LogP contribution in [0.2, 0.25) is 0 Å². The molecule has 0 spiro atoms. The number of hydrogen-bond acceptors (Lipinski definition) is 4. The highest BCUT2D eigenvalue weighted by molar-refractivity contribution is 7.80. The number of quaternary nitrogens is 1. The first kappa shape index (κ1) is 18.3. The van der Waals surface area contributed by atoms with Gasteiger partial charge in [0.15, 0.2) is 5.11 Å². The Hall–Kier alpha value is -1.54. The third-order valence-electron chi connectivity index (χ3n) is 4.25. The lowest BCUT2D eigenvalue weighted by Gasteiger charge is -2.23. The van der Waals surface area contributed by atoms with Gasteiger partial charge in [-0.25, -0.2) is 4.98 Å². The fourth-order valence-electron chi connectivity index (χ4n) is 2.85. The molecule has 2 heterocycles. The predicted molar refractivity (Wildman–Crippen MR) is 108 cm³/mol. The smallest absolute Gasteiger partial charge is 0.170 e. The summed E-state index contributed by atoms with van der Waals surface area (Å²) >= 11 is 7.05. The van der Waals surface area contributed by atoms with Gasteiger partial charge in [-0.2, -0.15) is 0 Å². The highest BCUT2D eigenvalue weighted by Crippen LogP contribution is 2.22. The lowest BCUT2D eigenvalue weighted by Crippen LogP contribution is -3.14. The van der Waals surface area contributed by atoms with Crippen LogP contribution in [-0.2, 0) is 4.74 Å². The van der Waals surface area contributed by atoms with Gasteiger partial charge >= 0.3 is 0 Å². The van der Waals surface area contributed by atoms with Crippen molar-refractivity contribution in [1.82, 2.24) is 10.3 Å². The van der Waals surface area contributed by atoms with Crippen LogP contribution in [0.15, 0.2) is 29.6 Å². The monoisotopic (exact) mass is 377 g/mol. The lowest BCUT2D eigenvalue weighted by molar-refractivity contribution is -0.908. The van der Waals surface area contributed by atoms with E-state index >= 15 is 0 Å². The number of aryl methyl sites for hydroxylation is 1. The SMILES string of the molecule is Cc1nc(-c2ccc(NC(=S)NCCC[NH+]3CCOCC3)cc2)cs1. The van der Waals surface area contributed by atoms with Crippen molar-refractivity contribution in [3.8, 4) is 11.3 Å². The summed E-state index contributed by atoms with van der Waals surface area (Å²) in [5.41, 5.74) is 3.15. The number of anilines is 1. The molecule has 1 aliphatic rings. The van der Waals surface area contributed by atoms with Gasteiger partial charge in [0.2, 0.25) is 0 Å². The molecule has 0 amide bonds. The summed E-state index contributed by atoms with van der Waals surface area (Å²) < 4.78 is 5.38. The highest BCUT2D eigenvalue weighted by atomic mass is 32.1. The van der Waals surface area contributed by atoms with E-state index in [4.69, 9.17) is 17.0 Å². The number of thiazole rings is 1. The number of nitrogens with zero attached hydrogens (tertiary/aromatic N) is 1. The van der Waals surface area contributed by atoms with Crippen molar-refractivity contribution < 1.29 is 9.64 Å². The molecule has 1 aliphatic heterocycles. The minimum absolute atomic E-state index is 0.675. The van der Waals surface area contributed by atoms with Crippen LogP contribution >= 0.6 is 23.6 Å². The molecule has 0 saturated carbocycles. The van der Waals surface area contributed by atoms with Gasteiger partial charge in [-0.05, 0) is 31.3 Å². The third kappa shape index (κ3) is 5.74. The van der Waals surface area contributed by atoms with Crippen molar-refractivity contribution in [3.63, 3.8) is 0 Å². The zero-order valence-electron chi connectivity index (χ0n) is 14.5. The van der Waals surface area contributed by atoms with E-state index in [1.807, 2.05) is 19.1 Å². The first-order chi connectivity index (χ1) is 12.2. The molecule has 5 nitrogen and oxygen atoms in total. The van der Waals surface area contributed by atoms with Crippen LogP contribution < -0.4 is 15.5 Å². The van der Waals surface area contributed by atoms with Crippen molar-refractivity contribution in [2.24, 2.45) is 0 Å². The molecule has 0 radical (unpaired) electrons. The Morgan fingerprint density at radius 1 is 1.28 bits per heavy atom. The minimum atomic E-state index is 0.675. The van der Waals surface area contributed by atoms with Gasteiger partial charge in [-0.15, -0.1) is 11.3 Å². The quantitative estimate of drug-likeness (QED) is 0.529. The van der Waals surface area contributed by atoms with E-state index in [0.29, 0.717) is 5.11 Å². The van der Waals surface area contributed by atoms with E-state index < -0.39 is 0 Å². The standard InChI is InChI=1S/C18H24N4OS2/c1-14-20-17(13-25-14)15-3-5-16(6-4-15)21-18(24)19-7-2-8-22-9-11-23-12-10-22/h3-6,13H,2,7-12H2,1H3,(H2,19,21,24)/p+1. The summed E-state index contributed by atoms with van der Waals surface area (Å²) in [7, 11) is 0. The molecule has 1 aromatic carbocycles. The van der Waals surface area contributed by atoms with E-state index in [9.17, 15) is 0 Å². The normalized spacial score (nSPS) is 15.1. The molecule has 3 N–H and O–H groups in total. The molecule has 1 fully saturated rings. The summed E-state index contributed by atoms with van der Waals surface area (Å²) in [6.07, 6.45) is 1.11. The molecule has 0 aliphatic carbocycles. The first-order valence-electron chi connectivity index (χ1n) is 8.69.